The minimum Gasteiger partial charge on any atom is -0.454 e. The summed E-state index contributed by atoms with van der Waals surface area (Å²) in [5, 5.41) is 9.98. The molecular formula is C25H35FN2O5S. The molecule has 2 aromatic carbocycles. The summed E-state index contributed by atoms with van der Waals surface area (Å²) in [5.74, 6) is -0.110. The van der Waals surface area contributed by atoms with Gasteiger partial charge in [-0.1, -0.05) is 32.8 Å². The molecule has 0 atom stereocenters. The fourth-order valence-electron chi connectivity index (χ4n) is 3.89. The lowest BCUT2D eigenvalue weighted by Crippen LogP contribution is -2.40. The quantitative estimate of drug-likeness (QED) is 0.467. The Bertz CT molecular complexity index is 1030. The van der Waals surface area contributed by atoms with Crippen molar-refractivity contribution in [3.63, 3.8) is 0 Å². The standard InChI is InChI=1S/C25H35FN2O5S/c1-3-5-10-27(11-6-4-2)23-16-20(19-29)17-24(34(30,31)28-12-14-32-15-13-28)25(23)33-22-9-7-8-21(26)18-22/h7-9,16-18,29H,3-6,10-15,19H2,1-2H3. The van der Waals surface area contributed by atoms with Crippen molar-refractivity contribution in [2.75, 3.05) is 44.3 Å². The maximum Gasteiger partial charge on any atom is 0.247 e. The SMILES string of the molecule is CCCCN(CCCC)c1cc(CO)cc(S(=O)(=O)N2CCOCC2)c1Oc1cccc(F)c1. The predicted molar refractivity (Wildman–Crippen MR) is 130 cm³/mol. The Morgan fingerprint density at radius 2 is 1.76 bits per heavy atom. The first-order valence-electron chi connectivity index (χ1n) is 11.9. The van der Waals surface area contributed by atoms with Crippen molar-refractivity contribution in [3.8, 4) is 11.5 Å². The first kappa shape index (κ1) is 26.4. The Labute approximate surface area is 202 Å². The van der Waals surface area contributed by atoms with E-state index in [2.05, 4.69) is 18.7 Å². The molecule has 2 aromatic rings. The maximum atomic E-state index is 13.9. The van der Waals surface area contributed by atoms with Gasteiger partial charge in [-0.2, -0.15) is 4.31 Å². The predicted octanol–water partition coefficient (Wildman–Crippen LogP) is 4.54. The fraction of sp³-hybridized carbons (Fsp3) is 0.520. The van der Waals surface area contributed by atoms with Crippen molar-refractivity contribution in [1.82, 2.24) is 4.31 Å². The van der Waals surface area contributed by atoms with Crippen LogP contribution in [0.5, 0.6) is 11.5 Å². The highest BCUT2D eigenvalue weighted by Crippen LogP contribution is 2.41. The molecule has 7 nitrogen and oxygen atoms in total. The number of aliphatic hydroxyl groups is 1. The van der Waals surface area contributed by atoms with Gasteiger partial charge in [-0.05, 0) is 42.7 Å². The monoisotopic (exact) mass is 494 g/mol. The van der Waals surface area contributed by atoms with Crippen LogP contribution < -0.4 is 9.64 Å². The van der Waals surface area contributed by atoms with Gasteiger partial charge < -0.3 is 19.5 Å². The summed E-state index contributed by atoms with van der Waals surface area (Å²) in [5.41, 5.74) is 1.07. The van der Waals surface area contributed by atoms with E-state index in [1.807, 2.05) is 0 Å². The molecular weight excluding hydrogens is 459 g/mol. The number of ether oxygens (including phenoxy) is 2. The summed E-state index contributed by atoms with van der Waals surface area (Å²) >= 11 is 0. The lowest BCUT2D eigenvalue weighted by molar-refractivity contribution is 0.0730. The molecule has 0 spiro atoms. The molecule has 1 fully saturated rings. The second-order valence-corrected chi connectivity index (χ2v) is 10.3. The number of unbranched alkanes of at least 4 members (excludes halogenated alkanes) is 2. The summed E-state index contributed by atoms with van der Waals surface area (Å²) < 4.78 is 54.3. The Balaban J connectivity index is 2.20. The fourth-order valence-corrected chi connectivity index (χ4v) is 5.48. The van der Waals surface area contributed by atoms with Crippen LogP contribution in [-0.2, 0) is 21.4 Å². The van der Waals surface area contributed by atoms with Gasteiger partial charge >= 0.3 is 0 Å². The first-order chi connectivity index (χ1) is 16.4. The van der Waals surface area contributed by atoms with Gasteiger partial charge in [0.25, 0.3) is 0 Å². The van der Waals surface area contributed by atoms with Crippen LogP contribution in [0.15, 0.2) is 41.3 Å². The molecule has 1 aliphatic heterocycles. The highest BCUT2D eigenvalue weighted by Gasteiger charge is 2.32. The van der Waals surface area contributed by atoms with Gasteiger partial charge in [-0.25, -0.2) is 12.8 Å². The van der Waals surface area contributed by atoms with E-state index in [-0.39, 0.29) is 36.1 Å². The van der Waals surface area contributed by atoms with Crippen molar-refractivity contribution in [2.24, 2.45) is 0 Å². The van der Waals surface area contributed by atoms with Gasteiger partial charge in [-0.3, -0.25) is 0 Å². The number of benzene rings is 2. The minimum absolute atomic E-state index is 0.0294. The lowest BCUT2D eigenvalue weighted by atomic mass is 10.1. The van der Waals surface area contributed by atoms with E-state index in [0.717, 1.165) is 25.7 Å². The molecule has 34 heavy (non-hydrogen) atoms. The Morgan fingerprint density at radius 1 is 1.09 bits per heavy atom. The largest absolute Gasteiger partial charge is 0.454 e. The molecule has 0 radical (unpaired) electrons. The second-order valence-electron chi connectivity index (χ2n) is 8.37. The van der Waals surface area contributed by atoms with Crippen LogP contribution in [-0.4, -0.2) is 57.2 Å². The molecule has 1 aliphatic rings. The van der Waals surface area contributed by atoms with Crippen LogP contribution in [0.4, 0.5) is 10.1 Å². The van der Waals surface area contributed by atoms with Gasteiger partial charge in [0.05, 0.1) is 25.5 Å². The summed E-state index contributed by atoms with van der Waals surface area (Å²) in [6.45, 7) is 6.39. The molecule has 0 bridgehead atoms. The lowest BCUT2D eigenvalue weighted by Gasteiger charge is -2.31. The van der Waals surface area contributed by atoms with Gasteiger partial charge in [0.15, 0.2) is 5.75 Å². The number of morpholine rings is 1. The van der Waals surface area contributed by atoms with Crippen LogP contribution in [0.3, 0.4) is 0 Å². The average Bonchev–Trinajstić information content (AvgIpc) is 2.85. The number of aliphatic hydroxyl groups excluding tert-OH is 1. The molecule has 1 saturated heterocycles. The number of nitrogens with zero attached hydrogens (tertiary/aromatic N) is 2. The van der Waals surface area contributed by atoms with E-state index in [1.165, 1.54) is 28.6 Å². The summed E-state index contributed by atoms with van der Waals surface area (Å²) in [6, 6.07) is 8.90. The van der Waals surface area contributed by atoms with Crippen molar-refractivity contribution < 1.29 is 27.4 Å². The van der Waals surface area contributed by atoms with Gasteiger partial charge in [0, 0.05) is 32.2 Å². The number of sulfonamides is 1. The molecule has 0 saturated carbocycles. The molecule has 1 N–H and O–H groups in total. The van der Waals surface area contributed by atoms with E-state index in [1.54, 1.807) is 12.1 Å². The highest BCUT2D eigenvalue weighted by molar-refractivity contribution is 7.89. The van der Waals surface area contributed by atoms with Crippen LogP contribution in [0.2, 0.25) is 0 Å². The Hall–Kier alpha value is -2.20. The van der Waals surface area contributed by atoms with E-state index in [9.17, 15) is 17.9 Å². The van der Waals surface area contributed by atoms with Crippen LogP contribution >= 0.6 is 0 Å². The molecule has 1 heterocycles. The molecule has 9 heteroatoms. The number of anilines is 1. The van der Waals surface area contributed by atoms with Crippen molar-refractivity contribution in [1.29, 1.82) is 0 Å². The smallest absolute Gasteiger partial charge is 0.247 e. The van der Waals surface area contributed by atoms with Crippen LogP contribution in [0, 0.1) is 5.82 Å². The van der Waals surface area contributed by atoms with Crippen molar-refractivity contribution in [2.45, 2.75) is 51.0 Å². The summed E-state index contributed by atoms with van der Waals surface area (Å²) in [7, 11) is -3.96. The molecule has 0 unspecified atom stereocenters. The first-order valence-corrected chi connectivity index (χ1v) is 13.4. The normalized spacial score (nSPS) is 14.8. The summed E-state index contributed by atoms with van der Waals surface area (Å²) in [6.07, 6.45) is 3.78. The molecule has 0 aromatic heterocycles. The summed E-state index contributed by atoms with van der Waals surface area (Å²) in [4.78, 5) is 2.08. The van der Waals surface area contributed by atoms with E-state index < -0.39 is 15.8 Å². The van der Waals surface area contributed by atoms with Crippen LogP contribution in [0.25, 0.3) is 0 Å². The molecule has 0 aliphatic carbocycles. The topological polar surface area (TPSA) is 79.3 Å². The number of rotatable bonds is 12. The molecule has 3 rings (SSSR count). The van der Waals surface area contributed by atoms with Crippen molar-refractivity contribution >= 4 is 15.7 Å². The van der Waals surface area contributed by atoms with Gasteiger partial charge in [0.2, 0.25) is 10.0 Å². The van der Waals surface area contributed by atoms with Gasteiger partial charge in [0.1, 0.15) is 16.5 Å². The molecule has 188 valence electrons. The van der Waals surface area contributed by atoms with Crippen LogP contribution in [0.1, 0.15) is 45.1 Å². The minimum atomic E-state index is -3.96. The van der Waals surface area contributed by atoms with E-state index >= 15 is 0 Å². The third-order valence-corrected chi connectivity index (χ3v) is 7.69. The number of hydrogen-bond acceptors (Lipinski definition) is 6. The van der Waals surface area contributed by atoms with E-state index in [4.69, 9.17) is 9.47 Å². The zero-order chi connectivity index (χ0) is 24.6. The highest BCUT2D eigenvalue weighted by atomic mass is 32.2. The molecule has 0 amide bonds. The maximum absolute atomic E-state index is 13.9. The Kier molecular flexibility index (Phi) is 9.70. The van der Waals surface area contributed by atoms with Crippen molar-refractivity contribution in [3.05, 3.63) is 47.8 Å². The Morgan fingerprint density at radius 3 is 2.35 bits per heavy atom. The second kappa shape index (κ2) is 12.5. The van der Waals surface area contributed by atoms with E-state index in [0.29, 0.717) is 37.6 Å². The third kappa shape index (κ3) is 6.47. The number of halogens is 1. The number of hydrogen-bond donors (Lipinski definition) is 1. The third-order valence-electron chi connectivity index (χ3n) is 5.79. The zero-order valence-corrected chi connectivity index (χ0v) is 20.8. The zero-order valence-electron chi connectivity index (χ0n) is 20.0. The van der Waals surface area contributed by atoms with Gasteiger partial charge in [-0.15, -0.1) is 0 Å². The average molecular weight is 495 g/mol.